The minimum atomic E-state index is -0.0208. The zero-order valence-corrected chi connectivity index (χ0v) is 15.1. The molecule has 2 aromatic carbocycles. The fourth-order valence-electron chi connectivity index (χ4n) is 3.42. The van der Waals surface area contributed by atoms with Crippen molar-refractivity contribution in [2.24, 2.45) is 0 Å². The van der Waals surface area contributed by atoms with Gasteiger partial charge in [0.25, 0.3) is 5.91 Å². The highest BCUT2D eigenvalue weighted by Gasteiger charge is 2.19. The summed E-state index contributed by atoms with van der Waals surface area (Å²) in [5.41, 5.74) is 7.89. The summed E-state index contributed by atoms with van der Waals surface area (Å²) in [5, 5.41) is 3.14. The Kier molecular flexibility index (Phi) is 4.72. The molecule has 0 atom stereocenters. The van der Waals surface area contributed by atoms with E-state index in [0.717, 1.165) is 48.4 Å². The van der Waals surface area contributed by atoms with Crippen LogP contribution in [0.2, 0.25) is 0 Å². The smallest absolute Gasteiger partial charge is 0.255 e. The van der Waals surface area contributed by atoms with Crippen LogP contribution < -0.4 is 5.32 Å². The first-order valence-corrected chi connectivity index (χ1v) is 8.72. The zero-order valence-electron chi connectivity index (χ0n) is 15.1. The summed E-state index contributed by atoms with van der Waals surface area (Å²) in [6, 6.07) is 10.2. The van der Waals surface area contributed by atoms with E-state index in [1.54, 1.807) is 0 Å². The second kappa shape index (κ2) is 6.78. The predicted molar refractivity (Wildman–Crippen MR) is 99.7 cm³/mol. The second-order valence-electron chi connectivity index (χ2n) is 6.75. The average Bonchev–Trinajstić information content (AvgIpc) is 2.58. The maximum atomic E-state index is 12.7. The van der Waals surface area contributed by atoms with Gasteiger partial charge in [0.15, 0.2) is 0 Å². The molecule has 24 heavy (non-hydrogen) atoms. The average molecular weight is 322 g/mol. The van der Waals surface area contributed by atoms with Crippen LogP contribution in [0, 0.1) is 20.8 Å². The van der Waals surface area contributed by atoms with E-state index in [-0.39, 0.29) is 5.91 Å². The largest absolute Gasteiger partial charge is 0.322 e. The van der Waals surface area contributed by atoms with Crippen molar-refractivity contribution >= 4 is 11.6 Å². The lowest BCUT2D eigenvalue weighted by Gasteiger charge is -2.29. The number of likely N-dealkylation sites (N-methyl/N-ethyl adjacent to an activating group) is 1. The number of anilines is 1. The maximum absolute atomic E-state index is 12.7. The normalized spacial score (nSPS) is 14.3. The Morgan fingerprint density at radius 3 is 2.54 bits per heavy atom. The Morgan fingerprint density at radius 2 is 1.88 bits per heavy atom. The molecular formula is C21H26N2O. The molecule has 1 N–H and O–H groups in total. The van der Waals surface area contributed by atoms with Crippen molar-refractivity contribution in [3.05, 3.63) is 63.7 Å². The van der Waals surface area contributed by atoms with Gasteiger partial charge in [-0.15, -0.1) is 0 Å². The van der Waals surface area contributed by atoms with Gasteiger partial charge in [0.2, 0.25) is 0 Å². The molecule has 1 aliphatic rings. The molecule has 0 radical (unpaired) electrons. The second-order valence-corrected chi connectivity index (χ2v) is 6.75. The number of fused-ring (bicyclic) bond motifs is 1. The molecule has 0 saturated carbocycles. The van der Waals surface area contributed by atoms with Crippen molar-refractivity contribution in [1.82, 2.24) is 4.90 Å². The van der Waals surface area contributed by atoms with Crippen molar-refractivity contribution in [3.8, 4) is 0 Å². The Bertz CT molecular complexity index is 756. The van der Waals surface area contributed by atoms with Crippen LogP contribution in [0.5, 0.6) is 0 Å². The first-order valence-electron chi connectivity index (χ1n) is 8.72. The minimum Gasteiger partial charge on any atom is -0.322 e. The van der Waals surface area contributed by atoms with E-state index in [1.807, 2.05) is 24.3 Å². The van der Waals surface area contributed by atoms with Gasteiger partial charge in [0.05, 0.1) is 0 Å². The number of carbonyl (C=O) groups excluding carboxylic acids is 1. The van der Waals surface area contributed by atoms with E-state index in [4.69, 9.17) is 0 Å². The molecule has 0 aromatic heterocycles. The van der Waals surface area contributed by atoms with E-state index in [9.17, 15) is 4.79 Å². The first-order chi connectivity index (χ1) is 11.5. The summed E-state index contributed by atoms with van der Waals surface area (Å²) in [5.74, 6) is -0.0208. The van der Waals surface area contributed by atoms with Crippen LogP contribution in [0.4, 0.5) is 5.69 Å². The maximum Gasteiger partial charge on any atom is 0.255 e. The van der Waals surface area contributed by atoms with Gasteiger partial charge in [-0.3, -0.25) is 9.69 Å². The molecule has 3 heteroatoms. The lowest BCUT2D eigenvalue weighted by molar-refractivity contribution is 0.102. The Hall–Kier alpha value is -2.13. The summed E-state index contributed by atoms with van der Waals surface area (Å²) < 4.78 is 0. The highest BCUT2D eigenvalue weighted by atomic mass is 16.1. The Balaban J connectivity index is 1.86. The van der Waals surface area contributed by atoms with Gasteiger partial charge in [0.1, 0.15) is 0 Å². The molecule has 1 heterocycles. The van der Waals surface area contributed by atoms with Crippen LogP contribution >= 0.6 is 0 Å². The van der Waals surface area contributed by atoms with E-state index in [0.29, 0.717) is 0 Å². The number of aryl methyl sites for hydroxylation is 2. The van der Waals surface area contributed by atoms with Crippen molar-refractivity contribution in [2.45, 2.75) is 40.7 Å². The molecule has 0 bridgehead atoms. The van der Waals surface area contributed by atoms with Gasteiger partial charge in [-0.05, 0) is 79.8 Å². The topological polar surface area (TPSA) is 32.3 Å². The Labute approximate surface area is 144 Å². The molecule has 0 aliphatic carbocycles. The lowest BCUT2D eigenvalue weighted by atomic mass is 9.97. The summed E-state index contributed by atoms with van der Waals surface area (Å²) in [6.45, 7) is 11.5. The van der Waals surface area contributed by atoms with Gasteiger partial charge in [0, 0.05) is 24.3 Å². The molecule has 126 valence electrons. The van der Waals surface area contributed by atoms with Crippen molar-refractivity contribution in [3.63, 3.8) is 0 Å². The number of hydrogen-bond acceptors (Lipinski definition) is 2. The molecule has 0 fully saturated rings. The fraction of sp³-hybridized carbons (Fsp3) is 0.381. The monoisotopic (exact) mass is 322 g/mol. The number of nitrogens with zero attached hydrogens (tertiary/aromatic N) is 1. The van der Waals surface area contributed by atoms with Gasteiger partial charge in [-0.1, -0.05) is 19.1 Å². The highest BCUT2D eigenvalue weighted by molar-refractivity contribution is 6.05. The third-order valence-electron chi connectivity index (χ3n) is 5.23. The number of nitrogens with one attached hydrogen (secondary N) is 1. The molecule has 0 unspecified atom stereocenters. The van der Waals surface area contributed by atoms with E-state index in [1.165, 1.54) is 16.7 Å². The number of rotatable bonds is 3. The molecule has 1 amide bonds. The third-order valence-corrected chi connectivity index (χ3v) is 5.23. The number of carbonyl (C=O) groups is 1. The SMILES string of the molecule is CCN1CCc2c(cccc2NC(=O)c2cc(C)c(C)c(C)c2)C1. The van der Waals surface area contributed by atoms with E-state index < -0.39 is 0 Å². The Morgan fingerprint density at radius 1 is 1.17 bits per heavy atom. The molecular weight excluding hydrogens is 296 g/mol. The van der Waals surface area contributed by atoms with E-state index in [2.05, 4.69) is 44.0 Å². The van der Waals surface area contributed by atoms with Gasteiger partial charge in [-0.25, -0.2) is 0 Å². The molecule has 1 aliphatic heterocycles. The molecule has 0 spiro atoms. The minimum absolute atomic E-state index is 0.0208. The van der Waals surface area contributed by atoms with E-state index >= 15 is 0 Å². The lowest BCUT2D eigenvalue weighted by Crippen LogP contribution is -2.31. The van der Waals surface area contributed by atoms with Crippen LogP contribution in [0.3, 0.4) is 0 Å². The summed E-state index contributed by atoms with van der Waals surface area (Å²) in [4.78, 5) is 15.1. The van der Waals surface area contributed by atoms with Gasteiger partial charge < -0.3 is 5.32 Å². The van der Waals surface area contributed by atoms with Crippen LogP contribution in [-0.2, 0) is 13.0 Å². The molecule has 0 saturated heterocycles. The highest BCUT2D eigenvalue weighted by Crippen LogP contribution is 2.27. The summed E-state index contributed by atoms with van der Waals surface area (Å²) >= 11 is 0. The first kappa shape index (κ1) is 16.7. The van der Waals surface area contributed by atoms with Gasteiger partial charge >= 0.3 is 0 Å². The van der Waals surface area contributed by atoms with Crippen LogP contribution in [0.1, 0.15) is 45.1 Å². The molecule has 2 aromatic rings. The van der Waals surface area contributed by atoms with Crippen molar-refractivity contribution in [2.75, 3.05) is 18.4 Å². The standard InChI is InChI=1S/C21H26N2O/c1-5-23-10-9-19-17(13-23)7-6-8-20(19)22-21(24)18-11-14(2)16(4)15(3)12-18/h6-8,11-12H,5,9-10,13H2,1-4H3,(H,22,24). The molecule has 3 rings (SSSR count). The summed E-state index contributed by atoms with van der Waals surface area (Å²) in [7, 11) is 0. The zero-order chi connectivity index (χ0) is 17.3. The fourth-order valence-corrected chi connectivity index (χ4v) is 3.42. The number of benzene rings is 2. The van der Waals surface area contributed by atoms with Gasteiger partial charge in [-0.2, -0.15) is 0 Å². The number of amides is 1. The summed E-state index contributed by atoms with van der Waals surface area (Å²) in [6.07, 6.45) is 0.992. The van der Waals surface area contributed by atoms with Crippen LogP contribution in [0.15, 0.2) is 30.3 Å². The van der Waals surface area contributed by atoms with Crippen molar-refractivity contribution < 1.29 is 4.79 Å². The third kappa shape index (κ3) is 3.22. The predicted octanol–water partition coefficient (Wildman–Crippen LogP) is 4.24. The van der Waals surface area contributed by atoms with Crippen molar-refractivity contribution in [1.29, 1.82) is 0 Å². The van der Waals surface area contributed by atoms with Crippen LogP contribution in [-0.4, -0.2) is 23.9 Å². The number of hydrogen-bond donors (Lipinski definition) is 1. The molecule has 3 nitrogen and oxygen atoms in total. The van der Waals surface area contributed by atoms with Crippen LogP contribution in [0.25, 0.3) is 0 Å². The quantitative estimate of drug-likeness (QED) is 0.916.